The number of benzene rings is 3. The molecule has 3 unspecified atom stereocenters. The van der Waals surface area contributed by atoms with Crippen molar-refractivity contribution in [3.63, 3.8) is 0 Å². The van der Waals surface area contributed by atoms with Crippen molar-refractivity contribution in [2.45, 2.75) is 30.6 Å². The zero-order valence-corrected chi connectivity index (χ0v) is 19.4. The standard InChI is InChI=1S/C26H15F4N3O6/c27-8-1-6-12(3-10(8)29)32-19-14(5-34)39-26(23(36)22(19)35)33-13-4-11(30)9(28)2-7(13)16-18-17(24(37)31-25(18)38)15(6)20(32)21(16)33/h1-4,14,19,22-23,26,34-36H,5H2,(H,31,37,38)/t14?,19-,22?,23?,26+/m0/s1. The molecule has 0 aliphatic carbocycles. The molecule has 5 aromatic rings. The number of rotatable bonds is 1. The first-order chi connectivity index (χ1) is 18.6. The highest BCUT2D eigenvalue weighted by Gasteiger charge is 2.51. The fourth-order valence-electron chi connectivity index (χ4n) is 6.70. The summed E-state index contributed by atoms with van der Waals surface area (Å²) >= 11 is 0. The van der Waals surface area contributed by atoms with Gasteiger partial charge in [-0.2, -0.15) is 0 Å². The molecule has 2 bridgehead atoms. The molecule has 198 valence electrons. The Bertz CT molecular complexity index is 2010. The third-order valence-corrected chi connectivity index (χ3v) is 8.17. The first kappa shape index (κ1) is 22.9. The number of aromatic nitrogens is 2. The second kappa shape index (κ2) is 7.12. The van der Waals surface area contributed by atoms with Crippen molar-refractivity contribution in [2.75, 3.05) is 6.61 Å². The number of hydrogen-bond acceptors (Lipinski definition) is 6. The van der Waals surface area contributed by atoms with Gasteiger partial charge in [0.2, 0.25) is 0 Å². The number of nitrogens with zero attached hydrogens (tertiary/aromatic N) is 2. The lowest BCUT2D eigenvalue weighted by Gasteiger charge is -2.45. The third-order valence-electron chi connectivity index (χ3n) is 8.17. The zero-order valence-electron chi connectivity index (χ0n) is 19.4. The van der Waals surface area contributed by atoms with Crippen LogP contribution in [0.15, 0.2) is 24.3 Å². The lowest BCUT2D eigenvalue weighted by Crippen LogP contribution is -2.54. The molecule has 1 saturated heterocycles. The van der Waals surface area contributed by atoms with E-state index >= 15 is 0 Å². The fraction of sp³-hybridized carbons (Fsp3) is 0.231. The number of ether oxygens (including phenoxy) is 1. The number of aliphatic hydroxyl groups excluding tert-OH is 3. The van der Waals surface area contributed by atoms with Gasteiger partial charge in [-0.05, 0) is 12.1 Å². The van der Waals surface area contributed by atoms with Crippen molar-refractivity contribution < 1.29 is 47.2 Å². The molecular formula is C26H15F4N3O6. The van der Waals surface area contributed by atoms with Crippen molar-refractivity contribution in [2.24, 2.45) is 0 Å². The first-order valence-electron chi connectivity index (χ1n) is 11.9. The number of carbonyl (C=O) groups excluding carboxylic acids is 2. The summed E-state index contributed by atoms with van der Waals surface area (Å²) in [6.07, 6.45) is -6.02. The number of hydrogen-bond donors (Lipinski definition) is 4. The van der Waals surface area contributed by atoms with Crippen LogP contribution in [-0.2, 0) is 4.74 Å². The van der Waals surface area contributed by atoms with E-state index in [1.54, 1.807) is 0 Å². The van der Waals surface area contributed by atoms with E-state index < -0.39 is 72.3 Å². The van der Waals surface area contributed by atoms with Gasteiger partial charge in [-0.15, -0.1) is 0 Å². The Labute approximate surface area is 213 Å². The molecular weight excluding hydrogens is 526 g/mol. The molecule has 2 aromatic heterocycles. The van der Waals surface area contributed by atoms with Gasteiger partial charge in [-0.3, -0.25) is 14.9 Å². The fourth-order valence-corrected chi connectivity index (χ4v) is 6.70. The maximum absolute atomic E-state index is 14.7. The second-order valence-corrected chi connectivity index (χ2v) is 10.0. The van der Waals surface area contributed by atoms with E-state index in [1.165, 1.54) is 9.13 Å². The van der Waals surface area contributed by atoms with Crippen LogP contribution in [0, 0.1) is 23.3 Å². The van der Waals surface area contributed by atoms with Crippen molar-refractivity contribution >= 4 is 55.4 Å². The van der Waals surface area contributed by atoms with Crippen molar-refractivity contribution in [3.05, 3.63) is 58.7 Å². The van der Waals surface area contributed by atoms with Crippen LogP contribution in [0.5, 0.6) is 0 Å². The van der Waals surface area contributed by atoms with Crippen LogP contribution in [0.25, 0.3) is 43.6 Å². The Morgan fingerprint density at radius 1 is 0.769 bits per heavy atom. The second-order valence-electron chi connectivity index (χ2n) is 10.0. The number of aliphatic hydroxyl groups is 3. The van der Waals surface area contributed by atoms with E-state index in [-0.39, 0.29) is 54.7 Å². The Morgan fingerprint density at radius 2 is 1.26 bits per heavy atom. The summed E-state index contributed by atoms with van der Waals surface area (Å²) in [4.78, 5) is 26.3. The smallest absolute Gasteiger partial charge is 0.259 e. The van der Waals surface area contributed by atoms with E-state index in [0.717, 1.165) is 24.3 Å². The molecule has 0 spiro atoms. The van der Waals surface area contributed by atoms with Crippen LogP contribution in [-0.4, -0.2) is 61.2 Å². The minimum absolute atomic E-state index is 0.00254. The Kier molecular flexibility index (Phi) is 4.18. The summed E-state index contributed by atoms with van der Waals surface area (Å²) in [6, 6.07) is 2.08. The van der Waals surface area contributed by atoms with E-state index in [9.17, 15) is 42.5 Å². The Balaban J connectivity index is 1.78. The summed E-state index contributed by atoms with van der Waals surface area (Å²) in [5.41, 5.74) is -0.261. The van der Waals surface area contributed by atoms with Crippen molar-refractivity contribution in [3.8, 4) is 0 Å². The topological polar surface area (TPSA) is 126 Å². The summed E-state index contributed by atoms with van der Waals surface area (Å²) in [6.45, 7) is -0.680. The van der Waals surface area contributed by atoms with E-state index in [2.05, 4.69) is 5.32 Å². The molecule has 1 fully saturated rings. The SMILES string of the molecule is O=C1NC(=O)c2c1c1c3cc(F)c(F)cc3n3c1c1c2c2cc(F)c(F)cc2n1[C@@H]1OC(CO)[C@H]3C(O)C1O. The minimum atomic E-state index is -1.70. The summed E-state index contributed by atoms with van der Waals surface area (Å²) < 4.78 is 67.1. The molecule has 4 aliphatic heterocycles. The molecule has 4 N–H and O–H groups in total. The van der Waals surface area contributed by atoms with Crippen LogP contribution in [0.2, 0.25) is 0 Å². The van der Waals surface area contributed by atoms with Gasteiger partial charge in [-0.25, -0.2) is 17.6 Å². The van der Waals surface area contributed by atoms with Gasteiger partial charge in [0.1, 0.15) is 18.3 Å². The Hall–Kier alpha value is -4.04. The van der Waals surface area contributed by atoms with E-state index in [4.69, 9.17) is 4.74 Å². The zero-order chi connectivity index (χ0) is 27.2. The predicted octanol–water partition coefficient (Wildman–Crippen LogP) is 2.51. The van der Waals surface area contributed by atoms with Crippen LogP contribution < -0.4 is 5.32 Å². The summed E-state index contributed by atoms with van der Waals surface area (Å²) in [5, 5.41) is 35.0. The number of halogens is 4. The van der Waals surface area contributed by atoms with Crippen LogP contribution in [0.4, 0.5) is 17.6 Å². The molecule has 9 nitrogen and oxygen atoms in total. The number of carbonyl (C=O) groups is 2. The van der Waals surface area contributed by atoms with Gasteiger partial charge < -0.3 is 29.2 Å². The van der Waals surface area contributed by atoms with Crippen molar-refractivity contribution in [1.29, 1.82) is 0 Å². The molecule has 3 aromatic carbocycles. The highest BCUT2D eigenvalue weighted by atomic mass is 19.2. The van der Waals surface area contributed by atoms with Gasteiger partial charge in [0.05, 0.1) is 45.8 Å². The predicted molar refractivity (Wildman–Crippen MR) is 126 cm³/mol. The lowest BCUT2D eigenvalue weighted by molar-refractivity contribution is -0.225. The van der Waals surface area contributed by atoms with Crippen LogP contribution >= 0.6 is 0 Å². The maximum atomic E-state index is 14.7. The number of fused-ring (bicyclic) bond motifs is 9. The average molecular weight is 541 g/mol. The molecule has 39 heavy (non-hydrogen) atoms. The molecule has 4 aliphatic rings. The number of nitrogens with one attached hydrogen (secondary N) is 1. The van der Waals surface area contributed by atoms with Gasteiger partial charge in [0, 0.05) is 33.7 Å². The third kappa shape index (κ3) is 2.49. The van der Waals surface area contributed by atoms with Gasteiger partial charge in [-0.1, -0.05) is 0 Å². The molecule has 0 saturated carbocycles. The number of imide groups is 1. The number of amides is 2. The summed E-state index contributed by atoms with van der Waals surface area (Å²) in [5.74, 6) is -6.70. The highest BCUT2D eigenvalue weighted by Crippen LogP contribution is 2.52. The van der Waals surface area contributed by atoms with Crippen LogP contribution in [0.3, 0.4) is 0 Å². The van der Waals surface area contributed by atoms with Crippen LogP contribution in [0.1, 0.15) is 33.0 Å². The molecule has 0 radical (unpaired) electrons. The Morgan fingerprint density at radius 3 is 1.79 bits per heavy atom. The molecule has 2 amide bonds. The minimum Gasteiger partial charge on any atom is -0.394 e. The molecule has 6 heterocycles. The van der Waals surface area contributed by atoms with E-state index in [0.29, 0.717) is 0 Å². The average Bonchev–Trinajstić information content (AvgIpc) is 3.47. The van der Waals surface area contributed by atoms with Gasteiger partial charge in [0.25, 0.3) is 11.8 Å². The molecule has 9 rings (SSSR count). The van der Waals surface area contributed by atoms with Gasteiger partial charge >= 0.3 is 0 Å². The largest absolute Gasteiger partial charge is 0.394 e. The monoisotopic (exact) mass is 541 g/mol. The quantitative estimate of drug-likeness (QED) is 0.191. The highest BCUT2D eigenvalue weighted by molar-refractivity contribution is 6.39. The van der Waals surface area contributed by atoms with Crippen molar-refractivity contribution in [1.82, 2.24) is 14.5 Å². The van der Waals surface area contributed by atoms with E-state index in [1.807, 2.05) is 0 Å². The molecule has 13 heteroatoms. The summed E-state index contributed by atoms with van der Waals surface area (Å²) in [7, 11) is 0. The first-order valence-corrected chi connectivity index (χ1v) is 11.9. The molecule has 5 atom stereocenters. The van der Waals surface area contributed by atoms with Gasteiger partial charge in [0.15, 0.2) is 29.5 Å². The normalized spacial score (nSPS) is 25.9. The lowest BCUT2D eigenvalue weighted by atomic mass is 9.92. The maximum Gasteiger partial charge on any atom is 0.259 e.